The van der Waals surface area contributed by atoms with Gasteiger partial charge < -0.3 is 0 Å². The van der Waals surface area contributed by atoms with Gasteiger partial charge in [0, 0.05) is 23.1 Å². The molecule has 30 heavy (non-hydrogen) atoms. The lowest BCUT2D eigenvalue weighted by atomic mass is 9.75. The van der Waals surface area contributed by atoms with E-state index >= 15 is 0 Å². The van der Waals surface area contributed by atoms with Crippen molar-refractivity contribution in [1.29, 1.82) is 0 Å². The summed E-state index contributed by atoms with van der Waals surface area (Å²) in [6, 6.07) is 18.5. The maximum absolute atomic E-state index is 13.3. The van der Waals surface area contributed by atoms with Crippen molar-refractivity contribution in [2.24, 2.45) is 5.92 Å². The van der Waals surface area contributed by atoms with Gasteiger partial charge in [-0.25, -0.2) is 4.68 Å². The van der Waals surface area contributed by atoms with Crippen molar-refractivity contribution in [2.75, 3.05) is 0 Å². The Balaban J connectivity index is 1.80. The zero-order chi connectivity index (χ0) is 21.3. The monoisotopic (exact) mass is 398 g/mol. The van der Waals surface area contributed by atoms with E-state index in [1.165, 1.54) is 11.1 Å². The lowest BCUT2D eigenvalue weighted by Gasteiger charge is -2.30. The minimum absolute atomic E-state index is 0.0752. The highest BCUT2D eigenvalue weighted by atomic mass is 16.2. The number of fused-ring (bicyclic) bond motifs is 1. The van der Waals surface area contributed by atoms with Crippen LogP contribution in [0.5, 0.6) is 0 Å². The van der Waals surface area contributed by atoms with E-state index < -0.39 is 0 Å². The predicted molar refractivity (Wildman–Crippen MR) is 124 cm³/mol. The second-order valence-corrected chi connectivity index (χ2v) is 8.84. The molecule has 154 valence electrons. The number of carbonyl (C=O) groups excluding carboxylic acids is 1. The normalized spacial score (nSPS) is 18.7. The molecule has 0 aliphatic heterocycles. The van der Waals surface area contributed by atoms with Gasteiger partial charge in [0.2, 0.25) is 0 Å². The number of carbonyl (C=O) groups is 1. The number of hydrogen-bond acceptors (Lipinski definition) is 2. The lowest BCUT2D eigenvalue weighted by Crippen LogP contribution is -2.23. The van der Waals surface area contributed by atoms with E-state index in [-0.39, 0.29) is 5.91 Å². The van der Waals surface area contributed by atoms with Crippen molar-refractivity contribution < 1.29 is 4.79 Å². The molecule has 0 unspecified atom stereocenters. The molecule has 2 atom stereocenters. The summed E-state index contributed by atoms with van der Waals surface area (Å²) in [5.41, 5.74) is 6.64. The Kier molecular flexibility index (Phi) is 5.72. The van der Waals surface area contributed by atoms with Crippen LogP contribution in [0.2, 0.25) is 0 Å². The van der Waals surface area contributed by atoms with Gasteiger partial charge in [-0.05, 0) is 43.2 Å². The minimum Gasteiger partial charge on any atom is -0.267 e. The highest BCUT2D eigenvalue weighted by Gasteiger charge is 2.35. The molecule has 3 nitrogen and oxygen atoms in total. The molecule has 4 rings (SSSR count). The summed E-state index contributed by atoms with van der Waals surface area (Å²) in [6.07, 6.45) is 5.77. The summed E-state index contributed by atoms with van der Waals surface area (Å²) < 4.78 is 1.68. The average molecular weight is 399 g/mol. The first-order valence-corrected chi connectivity index (χ1v) is 10.9. The molecule has 1 aliphatic rings. The number of aromatic nitrogens is 2. The van der Waals surface area contributed by atoms with Crippen LogP contribution in [0, 0.1) is 12.8 Å². The predicted octanol–water partition coefficient (Wildman–Crippen LogP) is 6.85. The lowest BCUT2D eigenvalue weighted by molar-refractivity contribution is 0.0947. The smallest absolute Gasteiger partial charge is 0.267 e. The van der Waals surface area contributed by atoms with E-state index in [2.05, 4.69) is 52.0 Å². The fourth-order valence-electron chi connectivity index (χ4n) is 4.54. The van der Waals surface area contributed by atoms with E-state index in [0.29, 0.717) is 17.8 Å². The summed E-state index contributed by atoms with van der Waals surface area (Å²) in [7, 11) is 0. The minimum atomic E-state index is -0.0752. The Morgan fingerprint density at radius 1 is 1.07 bits per heavy atom. The van der Waals surface area contributed by atoms with Crippen LogP contribution in [-0.2, 0) is 0 Å². The summed E-state index contributed by atoms with van der Waals surface area (Å²) in [5.74, 6) is 1.13. The van der Waals surface area contributed by atoms with Crippen molar-refractivity contribution >= 4 is 12.0 Å². The molecule has 3 aromatic rings. The van der Waals surface area contributed by atoms with Crippen LogP contribution in [0.15, 0.2) is 60.7 Å². The van der Waals surface area contributed by atoms with Crippen LogP contribution in [0.4, 0.5) is 0 Å². The highest BCUT2D eigenvalue weighted by Crippen LogP contribution is 2.46. The van der Waals surface area contributed by atoms with Crippen molar-refractivity contribution in [2.45, 2.75) is 52.4 Å². The number of rotatable bonds is 4. The Bertz CT molecular complexity index is 1060. The molecule has 1 aliphatic carbocycles. The number of hydrogen-bond donors (Lipinski definition) is 0. The van der Waals surface area contributed by atoms with Crippen LogP contribution < -0.4 is 0 Å². The molecule has 0 N–H and O–H groups in total. The van der Waals surface area contributed by atoms with E-state index in [0.717, 1.165) is 35.4 Å². The van der Waals surface area contributed by atoms with Crippen LogP contribution in [-0.4, -0.2) is 15.7 Å². The maximum Gasteiger partial charge on any atom is 0.271 e. The summed E-state index contributed by atoms with van der Waals surface area (Å²) in [4.78, 5) is 13.3. The highest BCUT2D eigenvalue weighted by molar-refractivity contribution is 5.94. The summed E-state index contributed by atoms with van der Waals surface area (Å²) in [6.45, 7) is 8.82. The molecular formula is C27H30N2O. The molecule has 0 amide bonds. The fraction of sp³-hybridized carbons (Fsp3) is 0.333. The van der Waals surface area contributed by atoms with Gasteiger partial charge in [0.15, 0.2) is 0 Å². The first-order valence-electron chi connectivity index (χ1n) is 10.9. The van der Waals surface area contributed by atoms with E-state index in [9.17, 15) is 4.79 Å². The van der Waals surface area contributed by atoms with E-state index in [1.54, 1.807) is 10.8 Å². The van der Waals surface area contributed by atoms with Crippen molar-refractivity contribution in [3.05, 3.63) is 83.1 Å². The van der Waals surface area contributed by atoms with Crippen molar-refractivity contribution in [3.63, 3.8) is 0 Å². The largest absolute Gasteiger partial charge is 0.271 e. The first kappa shape index (κ1) is 20.3. The number of allylic oxidation sites excluding steroid dienone is 1. The second-order valence-electron chi connectivity index (χ2n) is 8.84. The van der Waals surface area contributed by atoms with Gasteiger partial charge in [-0.2, -0.15) is 5.10 Å². The Morgan fingerprint density at radius 3 is 2.43 bits per heavy atom. The van der Waals surface area contributed by atoms with Gasteiger partial charge in [-0.3, -0.25) is 4.79 Å². The third kappa shape index (κ3) is 3.89. The van der Waals surface area contributed by atoms with Gasteiger partial charge in [0.25, 0.3) is 5.91 Å². The maximum atomic E-state index is 13.3. The van der Waals surface area contributed by atoms with Crippen LogP contribution >= 0.6 is 0 Å². The van der Waals surface area contributed by atoms with E-state index in [4.69, 9.17) is 5.10 Å². The third-order valence-electron chi connectivity index (χ3n) is 6.27. The Hall–Kier alpha value is -2.94. The molecule has 2 aromatic carbocycles. The second kappa shape index (κ2) is 8.43. The Labute approximate surface area is 179 Å². The molecule has 1 heterocycles. The standard InChI is InChI=1S/C27H30N2O/c1-18(2)23-16-12-20(4)25-26(22-8-6-5-7-9-22)28-29(27(23)25)24(30)17-15-21-13-10-19(3)11-14-21/h5-11,13-15,17-18,20,23H,12,16H2,1-4H3/b17-15+/t20-,23+/m0/s1. The van der Waals surface area contributed by atoms with Crippen molar-refractivity contribution in [3.8, 4) is 11.3 Å². The molecular weight excluding hydrogens is 368 g/mol. The Morgan fingerprint density at radius 2 is 1.77 bits per heavy atom. The third-order valence-corrected chi connectivity index (χ3v) is 6.27. The first-order chi connectivity index (χ1) is 14.5. The molecule has 0 radical (unpaired) electrons. The molecule has 0 spiro atoms. The zero-order valence-corrected chi connectivity index (χ0v) is 18.3. The fourth-order valence-corrected chi connectivity index (χ4v) is 4.54. The molecule has 0 bridgehead atoms. The number of benzene rings is 2. The van der Waals surface area contributed by atoms with Gasteiger partial charge in [0.1, 0.15) is 0 Å². The van der Waals surface area contributed by atoms with Crippen LogP contribution in [0.1, 0.15) is 72.6 Å². The van der Waals surface area contributed by atoms with Gasteiger partial charge in [0.05, 0.1) is 11.4 Å². The van der Waals surface area contributed by atoms with Crippen LogP contribution in [0.25, 0.3) is 17.3 Å². The SMILES string of the molecule is Cc1ccc(/C=C/C(=O)n2nc(-c3ccccc3)c3c2[C@@H](C(C)C)CC[C@@H]3C)cc1. The van der Waals surface area contributed by atoms with Gasteiger partial charge in [-0.1, -0.05) is 80.9 Å². The molecule has 0 saturated carbocycles. The quantitative estimate of drug-likeness (QED) is 0.451. The van der Waals surface area contributed by atoms with Crippen LogP contribution in [0.3, 0.4) is 0 Å². The van der Waals surface area contributed by atoms with E-state index in [1.807, 2.05) is 36.4 Å². The molecule has 3 heteroatoms. The zero-order valence-electron chi connectivity index (χ0n) is 18.3. The number of aryl methyl sites for hydroxylation is 1. The molecule has 0 saturated heterocycles. The topological polar surface area (TPSA) is 34.9 Å². The molecule has 0 fully saturated rings. The van der Waals surface area contributed by atoms with Gasteiger partial charge >= 0.3 is 0 Å². The number of nitrogens with zero attached hydrogens (tertiary/aromatic N) is 2. The summed E-state index contributed by atoms with van der Waals surface area (Å²) >= 11 is 0. The van der Waals surface area contributed by atoms with Crippen molar-refractivity contribution in [1.82, 2.24) is 9.78 Å². The van der Waals surface area contributed by atoms with Gasteiger partial charge in [-0.15, -0.1) is 0 Å². The average Bonchev–Trinajstić information content (AvgIpc) is 3.15. The summed E-state index contributed by atoms with van der Waals surface area (Å²) in [5, 5.41) is 4.89. The molecule has 1 aromatic heterocycles.